The molecule has 0 saturated carbocycles. The molecule has 2 N–H and O–H groups in total. The molecule has 106 valence electrons. The van der Waals surface area contributed by atoms with Crippen LogP contribution < -0.4 is 5.73 Å². The number of rotatable bonds is 3. The second-order valence-electron chi connectivity index (χ2n) is 5.38. The molecule has 5 heteroatoms. The number of hydrogen-bond donors (Lipinski definition) is 1. The third kappa shape index (κ3) is 4.20. The molecule has 0 radical (unpaired) electrons. The summed E-state index contributed by atoms with van der Waals surface area (Å²) < 4.78 is 1.04. The number of carbonyl (C=O) groups excluding carboxylic acids is 1. The van der Waals surface area contributed by atoms with Gasteiger partial charge in [0.05, 0.1) is 6.42 Å². The first-order chi connectivity index (χ1) is 8.52. The predicted octanol–water partition coefficient (Wildman–Crippen LogP) is 2.61. The number of nitrogens with two attached hydrogens (primary N) is 1. The maximum atomic E-state index is 12.2. The van der Waals surface area contributed by atoms with E-state index in [4.69, 9.17) is 5.73 Å². The Labute approximate surface area is 129 Å². The van der Waals surface area contributed by atoms with Gasteiger partial charge < -0.3 is 10.6 Å². The first-order valence-corrected chi connectivity index (χ1v) is 7.04. The maximum absolute atomic E-state index is 12.2. The molecule has 1 aromatic rings. The molecule has 1 aromatic carbocycles. The average molecular weight is 348 g/mol. The zero-order valence-corrected chi connectivity index (χ0v) is 13.5. The van der Waals surface area contributed by atoms with Crippen LogP contribution in [0.5, 0.6) is 0 Å². The van der Waals surface area contributed by atoms with Gasteiger partial charge in [-0.3, -0.25) is 4.79 Å². The quantitative estimate of drug-likeness (QED) is 0.913. The van der Waals surface area contributed by atoms with Crippen molar-refractivity contribution in [1.82, 2.24) is 4.90 Å². The van der Waals surface area contributed by atoms with E-state index in [0.29, 0.717) is 13.0 Å². The van der Waals surface area contributed by atoms with Crippen molar-refractivity contribution in [3.8, 4) is 0 Å². The summed E-state index contributed by atoms with van der Waals surface area (Å²) in [4.78, 5) is 14.1. The average Bonchev–Trinajstić information content (AvgIpc) is 2.76. The van der Waals surface area contributed by atoms with Crippen molar-refractivity contribution in [2.75, 3.05) is 19.6 Å². The number of benzene rings is 1. The van der Waals surface area contributed by atoms with Crippen LogP contribution in [-0.2, 0) is 11.2 Å². The summed E-state index contributed by atoms with van der Waals surface area (Å²) in [6.45, 7) is 4.43. The lowest BCUT2D eigenvalue weighted by molar-refractivity contribution is -0.129. The fourth-order valence-corrected chi connectivity index (χ4v) is 2.56. The topological polar surface area (TPSA) is 46.3 Å². The molecule has 0 bridgehead atoms. The minimum atomic E-state index is 0. The zero-order valence-electron chi connectivity index (χ0n) is 11.1. The zero-order chi connectivity index (χ0) is 13.2. The molecule has 1 unspecified atom stereocenters. The minimum Gasteiger partial charge on any atom is -0.342 e. The van der Waals surface area contributed by atoms with Crippen molar-refractivity contribution in [2.24, 2.45) is 11.1 Å². The van der Waals surface area contributed by atoms with Crippen molar-refractivity contribution >= 4 is 34.2 Å². The van der Waals surface area contributed by atoms with Gasteiger partial charge in [-0.15, -0.1) is 12.4 Å². The highest BCUT2D eigenvalue weighted by molar-refractivity contribution is 9.10. The molecule has 1 fully saturated rings. The third-order valence-corrected chi connectivity index (χ3v) is 4.20. The molecule has 2 rings (SSSR count). The standard InChI is InChI=1S/C14H19BrN2O.ClH/c1-14(9-16)6-7-17(10-14)13(18)8-11-2-4-12(15)5-3-11;/h2-5H,6-10,16H2,1H3;1H. The van der Waals surface area contributed by atoms with Crippen molar-refractivity contribution in [3.05, 3.63) is 34.3 Å². The highest BCUT2D eigenvalue weighted by Gasteiger charge is 2.34. The van der Waals surface area contributed by atoms with Gasteiger partial charge >= 0.3 is 0 Å². The van der Waals surface area contributed by atoms with E-state index in [-0.39, 0.29) is 23.7 Å². The molecule has 1 aliphatic heterocycles. The van der Waals surface area contributed by atoms with E-state index in [1.807, 2.05) is 29.2 Å². The summed E-state index contributed by atoms with van der Waals surface area (Å²) in [6.07, 6.45) is 1.49. The van der Waals surface area contributed by atoms with Crippen LogP contribution >= 0.6 is 28.3 Å². The predicted molar refractivity (Wildman–Crippen MR) is 83.5 cm³/mol. The summed E-state index contributed by atoms with van der Waals surface area (Å²) in [5.74, 6) is 0.203. The first kappa shape index (κ1) is 16.5. The van der Waals surface area contributed by atoms with Gasteiger partial charge in [-0.25, -0.2) is 0 Å². The Balaban J connectivity index is 0.00000180. The van der Waals surface area contributed by atoms with E-state index in [9.17, 15) is 4.79 Å². The smallest absolute Gasteiger partial charge is 0.227 e. The molecule has 19 heavy (non-hydrogen) atoms. The number of amides is 1. The molecule has 1 atom stereocenters. The van der Waals surface area contributed by atoms with E-state index < -0.39 is 0 Å². The summed E-state index contributed by atoms with van der Waals surface area (Å²) in [5.41, 5.74) is 6.92. The molecule has 1 aliphatic rings. The van der Waals surface area contributed by atoms with Crippen LogP contribution in [0.3, 0.4) is 0 Å². The third-order valence-electron chi connectivity index (χ3n) is 3.67. The number of likely N-dealkylation sites (tertiary alicyclic amines) is 1. The Hall–Kier alpha value is -0.580. The second kappa shape index (κ2) is 6.73. The van der Waals surface area contributed by atoms with Crippen molar-refractivity contribution in [3.63, 3.8) is 0 Å². The number of halogens is 2. The van der Waals surface area contributed by atoms with E-state index in [2.05, 4.69) is 22.9 Å². The van der Waals surface area contributed by atoms with E-state index >= 15 is 0 Å². The molecule has 3 nitrogen and oxygen atoms in total. The lowest BCUT2D eigenvalue weighted by Gasteiger charge is -2.22. The van der Waals surface area contributed by atoms with E-state index in [1.165, 1.54) is 0 Å². The van der Waals surface area contributed by atoms with Crippen LogP contribution in [0, 0.1) is 5.41 Å². The molecule has 0 aliphatic carbocycles. The van der Waals surface area contributed by atoms with Crippen LogP contribution in [0.25, 0.3) is 0 Å². The van der Waals surface area contributed by atoms with Crippen LogP contribution in [0.2, 0.25) is 0 Å². The Kier molecular flexibility index (Phi) is 5.83. The van der Waals surface area contributed by atoms with Gasteiger partial charge in [-0.2, -0.15) is 0 Å². The fourth-order valence-electron chi connectivity index (χ4n) is 2.29. The number of nitrogens with zero attached hydrogens (tertiary/aromatic N) is 1. The van der Waals surface area contributed by atoms with E-state index in [1.54, 1.807) is 0 Å². The van der Waals surface area contributed by atoms with Gasteiger partial charge in [-0.05, 0) is 36.1 Å². The molecular formula is C14H20BrClN2O. The van der Waals surface area contributed by atoms with Gasteiger partial charge in [0.25, 0.3) is 0 Å². The summed E-state index contributed by atoms with van der Waals surface area (Å²) in [6, 6.07) is 7.91. The summed E-state index contributed by atoms with van der Waals surface area (Å²) in [5, 5.41) is 0. The second-order valence-corrected chi connectivity index (χ2v) is 6.30. The van der Waals surface area contributed by atoms with Crippen LogP contribution in [0.4, 0.5) is 0 Å². The van der Waals surface area contributed by atoms with Gasteiger partial charge in [-0.1, -0.05) is 35.0 Å². The highest BCUT2D eigenvalue weighted by atomic mass is 79.9. The Morgan fingerprint density at radius 1 is 1.42 bits per heavy atom. The molecular weight excluding hydrogens is 328 g/mol. The van der Waals surface area contributed by atoms with Crippen LogP contribution in [-0.4, -0.2) is 30.4 Å². The number of carbonyl (C=O) groups is 1. The van der Waals surface area contributed by atoms with Crippen molar-refractivity contribution in [2.45, 2.75) is 19.8 Å². The van der Waals surface area contributed by atoms with Gasteiger partial charge in [0.15, 0.2) is 0 Å². The Morgan fingerprint density at radius 3 is 2.58 bits per heavy atom. The largest absolute Gasteiger partial charge is 0.342 e. The molecule has 1 heterocycles. The molecule has 0 spiro atoms. The molecule has 1 saturated heterocycles. The van der Waals surface area contributed by atoms with Gasteiger partial charge in [0.1, 0.15) is 0 Å². The highest BCUT2D eigenvalue weighted by Crippen LogP contribution is 2.28. The number of hydrogen-bond acceptors (Lipinski definition) is 2. The van der Waals surface area contributed by atoms with Gasteiger partial charge in [0.2, 0.25) is 5.91 Å². The summed E-state index contributed by atoms with van der Waals surface area (Å²) >= 11 is 3.39. The summed E-state index contributed by atoms with van der Waals surface area (Å²) in [7, 11) is 0. The lowest BCUT2D eigenvalue weighted by Crippen LogP contribution is -2.35. The maximum Gasteiger partial charge on any atom is 0.227 e. The van der Waals surface area contributed by atoms with Crippen molar-refractivity contribution < 1.29 is 4.79 Å². The normalized spacial score (nSPS) is 22.2. The van der Waals surface area contributed by atoms with Crippen LogP contribution in [0.15, 0.2) is 28.7 Å². The Morgan fingerprint density at radius 2 is 2.05 bits per heavy atom. The Bertz CT molecular complexity index is 438. The lowest BCUT2D eigenvalue weighted by atomic mass is 9.90. The van der Waals surface area contributed by atoms with Gasteiger partial charge in [0, 0.05) is 17.6 Å². The minimum absolute atomic E-state index is 0. The monoisotopic (exact) mass is 346 g/mol. The van der Waals surface area contributed by atoms with E-state index in [0.717, 1.165) is 29.5 Å². The SMILES string of the molecule is CC1(CN)CCN(C(=O)Cc2ccc(Br)cc2)C1.Cl. The molecule has 1 amide bonds. The fraction of sp³-hybridized carbons (Fsp3) is 0.500. The van der Waals surface area contributed by atoms with Crippen LogP contribution in [0.1, 0.15) is 18.9 Å². The van der Waals surface area contributed by atoms with Crippen molar-refractivity contribution in [1.29, 1.82) is 0 Å². The first-order valence-electron chi connectivity index (χ1n) is 6.25. The molecule has 0 aromatic heterocycles.